The summed E-state index contributed by atoms with van der Waals surface area (Å²) in [6.07, 6.45) is 6.22. The molecule has 0 spiro atoms. The molecule has 0 unspecified atom stereocenters. The van der Waals surface area contributed by atoms with Gasteiger partial charge in [-0.1, -0.05) is 19.1 Å². The van der Waals surface area contributed by atoms with Crippen molar-refractivity contribution < 1.29 is 4.74 Å². The van der Waals surface area contributed by atoms with Crippen LogP contribution in [0.5, 0.6) is 5.75 Å². The zero-order valence-corrected chi connectivity index (χ0v) is 15.6. The molecule has 0 bridgehead atoms. The van der Waals surface area contributed by atoms with Gasteiger partial charge in [-0.25, -0.2) is 14.6 Å². The van der Waals surface area contributed by atoms with Crippen LogP contribution < -0.4 is 10.5 Å². The molecular formula is C20H25N5O. The fourth-order valence-corrected chi connectivity index (χ4v) is 3.91. The van der Waals surface area contributed by atoms with Gasteiger partial charge in [0.15, 0.2) is 5.65 Å². The van der Waals surface area contributed by atoms with E-state index in [2.05, 4.69) is 27.6 Å². The first kappa shape index (κ1) is 16.8. The summed E-state index contributed by atoms with van der Waals surface area (Å²) in [5, 5.41) is 5.78. The molecule has 6 heteroatoms. The first-order chi connectivity index (χ1) is 12.6. The van der Waals surface area contributed by atoms with Crippen molar-refractivity contribution in [3.05, 3.63) is 30.1 Å². The van der Waals surface area contributed by atoms with Gasteiger partial charge in [0.05, 0.1) is 18.5 Å². The second-order valence-corrected chi connectivity index (χ2v) is 7.35. The van der Waals surface area contributed by atoms with E-state index in [1.807, 2.05) is 19.1 Å². The molecule has 6 nitrogen and oxygen atoms in total. The van der Waals surface area contributed by atoms with Crippen LogP contribution in [0, 0.1) is 12.8 Å². The first-order valence-electron chi connectivity index (χ1n) is 9.22. The van der Waals surface area contributed by atoms with E-state index in [1.54, 1.807) is 7.11 Å². The van der Waals surface area contributed by atoms with Crippen molar-refractivity contribution in [3.63, 3.8) is 0 Å². The number of rotatable bonds is 3. The van der Waals surface area contributed by atoms with Gasteiger partial charge in [-0.05, 0) is 50.2 Å². The summed E-state index contributed by atoms with van der Waals surface area (Å²) < 4.78 is 7.56. The molecule has 2 N–H and O–H groups in total. The fourth-order valence-electron chi connectivity index (χ4n) is 3.91. The van der Waals surface area contributed by atoms with Crippen LogP contribution in [-0.2, 0) is 0 Å². The molecule has 0 aliphatic heterocycles. The van der Waals surface area contributed by atoms with Gasteiger partial charge < -0.3 is 10.5 Å². The number of hydrogen-bond acceptors (Lipinski definition) is 5. The maximum Gasteiger partial charge on any atom is 0.164 e. The maximum atomic E-state index is 6.22. The van der Waals surface area contributed by atoms with E-state index in [-0.39, 0.29) is 0 Å². The molecule has 1 aromatic carbocycles. The molecular weight excluding hydrogens is 326 g/mol. The van der Waals surface area contributed by atoms with Crippen LogP contribution in [0.25, 0.3) is 22.3 Å². The van der Waals surface area contributed by atoms with Crippen molar-refractivity contribution in [3.8, 4) is 17.0 Å². The predicted molar refractivity (Wildman–Crippen MR) is 103 cm³/mol. The molecule has 1 aliphatic rings. The summed E-state index contributed by atoms with van der Waals surface area (Å²) in [5.74, 6) is 2.10. The fraction of sp³-hybridized carbons (Fsp3) is 0.450. The largest absolute Gasteiger partial charge is 0.496 e. The molecule has 0 amide bonds. The monoisotopic (exact) mass is 351 g/mol. The van der Waals surface area contributed by atoms with Crippen LogP contribution in [0.2, 0.25) is 0 Å². The number of nitrogens with zero attached hydrogens (tertiary/aromatic N) is 4. The van der Waals surface area contributed by atoms with Gasteiger partial charge in [0.25, 0.3) is 0 Å². The van der Waals surface area contributed by atoms with Crippen LogP contribution in [0.4, 0.5) is 5.82 Å². The Morgan fingerprint density at radius 3 is 2.65 bits per heavy atom. The summed E-state index contributed by atoms with van der Waals surface area (Å²) >= 11 is 0. The van der Waals surface area contributed by atoms with E-state index in [9.17, 15) is 0 Å². The highest BCUT2D eigenvalue weighted by molar-refractivity contribution is 5.98. The molecule has 2 heterocycles. The van der Waals surface area contributed by atoms with Crippen molar-refractivity contribution in [1.82, 2.24) is 19.7 Å². The average molecular weight is 351 g/mol. The summed E-state index contributed by atoms with van der Waals surface area (Å²) in [7, 11) is 1.68. The number of benzene rings is 1. The van der Waals surface area contributed by atoms with Gasteiger partial charge in [-0.15, -0.1) is 0 Å². The number of nitrogens with two attached hydrogens (primary N) is 1. The minimum Gasteiger partial charge on any atom is -0.496 e. The molecule has 1 aliphatic carbocycles. The lowest BCUT2D eigenvalue weighted by molar-refractivity contribution is 0.278. The Labute approximate surface area is 153 Å². The molecule has 2 aromatic heterocycles. The van der Waals surface area contributed by atoms with Gasteiger partial charge >= 0.3 is 0 Å². The zero-order chi connectivity index (χ0) is 18.3. The molecule has 136 valence electrons. The smallest absolute Gasteiger partial charge is 0.164 e. The maximum absolute atomic E-state index is 6.22. The van der Waals surface area contributed by atoms with Crippen molar-refractivity contribution in [2.75, 3.05) is 12.8 Å². The van der Waals surface area contributed by atoms with Crippen molar-refractivity contribution in [2.45, 2.75) is 45.6 Å². The number of aryl methyl sites for hydroxylation is 1. The minimum atomic E-state index is 0.365. The lowest BCUT2D eigenvalue weighted by Gasteiger charge is -2.26. The van der Waals surface area contributed by atoms with Gasteiger partial charge in [-0.3, -0.25) is 0 Å². The van der Waals surface area contributed by atoms with E-state index in [0.29, 0.717) is 11.9 Å². The van der Waals surface area contributed by atoms with Crippen LogP contribution in [-0.4, -0.2) is 26.9 Å². The molecule has 26 heavy (non-hydrogen) atoms. The third-order valence-electron chi connectivity index (χ3n) is 5.53. The van der Waals surface area contributed by atoms with Crippen LogP contribution in [0.1, 0.15) is 44.2 Å². The van der Waals surface area contributed by atoms with Crippen LogP contribution in [0.15, 0.2) is 24.5 Å². The predicted octanol–water partition coefficient (Wildman–Crippen LogP) is 4.14. The van der Waals surface area contributed by atoms with Crippen LogP contribution in [0.3, 0.4) is 0 Å². The Balaban J connectivity index is 1.87. The highest BCUT2D eigenvalue weighted by Gasteiger charge is 2.25. The van der Waals surface area contributed by atoms with Crippen molar-refractivity contribution >= 4 is 16.9 Å². The highest BCUT2D eigenvalue weighted by Crippen LogP contribution is 2.38. The topological polar surface area (TPSA) is 78.8 Å². The molecule has 3 aromatic rings. The van der Waals surface area contributed by atoms with E-state index in [4.69, 9.17) is 15.6 Å². The lowest BCUT2D eigenvalue weighted by atomic mass is 9.87. The Morgan fingerprint density at radius 1 is 1.15 bits per heavy atom. The van der Waals surface area contributed by atoms with E-state index in [0.717, 1.165) is 52.4 Å². The number of ether oxygens (including phenoxy) is 1. The summed E-state index contributed by atoms with van der Waals surface area (Å²) in [4.78, 5) is 8.73. The van der Waals surface area contributed by atoms with Crippen molar-refractivity contribution in [1.29, 1.82) is 0 Å². The second-order valence-electron chi connectivity index (χ2n) is 7.35. The number of hydrogen-bond donors (Lipinski definition) is 1. The Morgan fingerprint density at radius 2 is 1.92 bits per heavy atom. The minimum absolute atomic E-state index is 0.365. The number of nitrogen functional groups attached to an aromatic ring is 1. The average Bonchev–Trinajstić information content (AvgIpc) is 3.04. The van der Waals surface area contributed by atoms with E-state index >= 15 is 0 Å². The van der Waals surface area contributed by atoms with E-state index < -0.39 is 0 Å². The molecule has 4 rings (SSSR count). The summed E-state index contributed by atoms with van der Waals surface area (Å²) in [6, 6.07) is 6.47. The molecule has 1 saturated carbocycles. The second kappa shape index (κ2) is 6.59. The molecule has 1 fully saturated rings. The zero-order valence-electron chi connectivity index (χ0n) is 15.6. The Bertz CT molecular complexity index is 941. The Hall–Kier alpha value is -2.63. The quantitative estimate of drug-likeness (QED) is 0.767. The summed E-state index contributed by atoms with van der Waals surface area (Å²) in [5.41, 5.74) is 9.94. The van der Waals surface area contributed by atoms with Gasteiger partial charge in [0, 0.05) is 5.56 Å². The lowest BCUT2D eigenvalue weighted by Crippen LogP contribution is -2.18. The molecule has 0 radical (unpaired) electrons. The third kappa shape index (κ3) is 2.79. The first-order valence-corrected chi connectivity index (χ1v) is 9.22. The molecule has 0 atom stereocenters. The number of aromatic nitrogens is 4. The normalized spacial score (nSPS) is 20.4. The third-order valence-corrected chi connectivity index (χ3v) is 5.53. The standard InChI is InChI=1S/C20H25N5O/c1-12-4-8-15(9-5-12)25-20-17(19(21)22-11-23-20)18(24-25)14-7-6-13(2)16(10-14)26-3/h6-7,10-12,15H,4-5,8-9H2,1-3H3,(H2,21,22,23). The summed E-state index contributed by atoms with van der Waals surface area (Å²) in [6.45, 7) is 4.35. The van der Waals surface area contributed by atoms with Crippen molar-refractivity contribution in [2.24, 2.45) is 5.92 Å². The molecule has 0 saturated heterocycles. The number of fused-ring (bicyclic) bond motifs is 1. The van der Waals surface area contributed by atoms with Gasteiger partial charge in [-0.2, -0.15) is 5.10 Å². The number of anilines is 1. The SMILES string of the molecule is COc1cc(-c2nn(C3CCC(C)CC3)c3ncnc(N)c23)ccc1C. The van der Waals surface area contributed by atoms with Gasteiger partial charge in [0.1, 0.15) is 23.6 Å². The van der Waals surface area contributed by atoms with Crippen LogP contribution >= 0.6 is 0 Å². The number of methoxy groups -OCH3 is 1. The van der Waals surface area contributed by atoms with E-state index in [1.165, 1.54) is 19.2 Å². The highest BCUT2D eigenvalue weighted by atomic mass is 16.5. The van der Waals surface area contributed by atoms with Gasteiger partial charge in [0.2, 0.25) is 0 Å². The Kier molecular flexibility index (Phi) is 4.26.